The van der Waals surface area contributed by atoms with Crippen LogP contribution < -0.4 is 15.9 Å². The first-order valence-corrected chi connectivity index (χ1v) is 3.83. The van der Waals surface area contributed by atoms with Gasteiger partial charge < -0.3 is 30.5 Å². The summed E-state index contributed by atoms with van der Waals surface area (Å²) in [7, 11) is 0. The van der Waals surface area contributed by atoms with Gasteiger partial charge in [-0.25, -0.2) is 4.98 Å². The molecule has 0 radical (unpaired) electrons. The molecule has 7 nitrogen and oxygen atoms in total. The standard InChI is InChI=1S/C6H6N2O2.C2H5NO2.Zn/c9-6(10)2-1-5-3-7-4-8-5;3-1-2(4)5;/h1-4H,(H,7,8)(H,9,10);1,3H2,(H,4,5);/q;;+2/p-2. The van der Waals surface area contributed by atoms with Gasteiger partial charge >= 0.3 is 19.5 Å². The first-order valence-electron chi connectivity index (χ1n) is 3.83. The molecule has 0 fully saturated rings. The fourth-order valence-corrected chi connectivity index (χ4v) is 0.516. The Balaban J connectivity index is 0. The summed E-state index contributed by atoms with van der Waals surface area (Å²) in [4.78, 5) is 25.4. The van der Waals surface area contributed by atoms with Crippen LogP contribution in [-0.2, 0) is 29.1 Å². The Bertz CT molecular complexity index is 337. The molecule has 0 aliphatic heterocycles. The predicted octanol–water partition coefficient (Wildman–Crippen LogP) is -3.13. The fourth-order valence-electron chi connectivity index (χ4n) is 0.516. The van der Waals surface area contributed by atoms with Gasteiger partial charge in [-0.05, 0) is 12.2 Å². The molecule has 8 heteroatoms. The van der Waals surface area contributed by atoms with Crippen molar-refractivity contribution >= 4 is 18.0 Å². The smallest absolute Gasteiger partial charge is 0.549 e. The second-order valence-electron chi connectivity index (χ2n) is 2.24. The van der Waals surface area contributed by atoms with Crippen LogP contribution in [0.5, 0.6) is 0 Å². The number of carboxylic acid groups (broad SMARTS) is 2. The van der Waals surface area contributed by atoms with Crippen LogP contribution in [0.2, 0.25) is 0 Å². The molecule has 0 aromatic carbocycles. The quantitative estimate of drug-likeness (QED) is 0.442. The number of nitrogens with one attached hydrogen (secondary N) is 1. The van der Waals surface area contributed by atoms with Crippen molar-refractivity contribution in [1.29, 1.82) is 0 Å². The van der Waals surface area contributed by atoms with Crippen LogP contribution in [0.15, 0.2) is 18.6 Å². The van der Waals surface area contributed by atoms with Crippen LogP contribution >= 0.6 is 0 Å². The van der Waals surface area contributed by atoms with E-state index in [2.05, 4.69) is 15.7 Å². The topological polar surface area (TPSA) is 135 Å². The molecule has 0 aliphatic rings. The maximum Gasteiger partial charge on any atom is 2.00 e. The Hall–Kier alpha value is -1.53. The number of H-pyrrole nitrogens is 1. The van der Waals surface area contributed by atoms with Crippen LogP contribution in [0, 0.1) is 0 Å². The number of nitrogens with zero attached hydrogens (tertiary/aromatic N) is 1. The van der Waals surface area contributed by atoms with E-state index in [1.165, 1.54) is 18.6 Å². The van der Waals surface area contributed by atoms with Crippen LogP contribution in [0.4, 0.5) is 0 Å². The number of carbonyl (C=O) groups excluding carboxylic acids is 2. The number of hydrogen-bond acceptors (Lipinski definition) is 6. The second-order valence-corrected chi connectivity index (χ2v) is 2.24. The van der Waals surface area contributed by atoms with Crippen molar-refractivity contribution in [3.8, 4) is 0 Å². The summed E-state index contributed by atoms with van der Waals surface area (Å²) in [6, 6.07) is 0. The van der Waals surface area contributed by atoms with Crippen LogP contribution in [0.3, 0.4) is 0 Å². The summed E-state index contributed by atoms with van der Waals surface area (Å²) >= 11 is 0. The van der Waals surface area contributed by atoms with Gasteiger partial charge in [-0.15, -0.1) is 0 Å². The van der Waals surface area contributed by atoms with Crippen molar-refractivity contribution < 1.29 is 39.3 Å². The molecule has 0 unspecified atom stereocenters. The number of aromatic nitrogens is 2. The van der Waals surface area contributed by atoms with E-state index in [1.54, 1.807) is 0 Å². The minimum absolute atomic E-state index is 0. The summed E-state index contributed by atoms with van der Waals surface area (Å²) in [5.41, 5.74) is 5.15. The van der Waals surface area contributed by atoms with Gasteiger partial charge in [-0.3, -0.25) is 0 Å². The third-order valence-electron chi connectivity index (χ3n) is 1.09. The van der Waals surface area contributed by atoms with Gasteiger partial charge in [0.2, 0.25) is 0 Å². The number of carboxylic acids is 2. The monoisotopic (exact) mass is 275 g/mol. The van der Waals surface area contributed by atoms with E-state index in [0.29, 0.717) is 5.69 Å². The van der Waals surface area contributed by atoms with Crippen molar-refractivity contribution in [3.63, 3.8) is 0 Å². The molecule has 16 heavy (non-hydrogen) atoms. The van der Waals surface area contributed by atoms with Gasteiger partial charge in [0, 0.05) is 6.54 Å². The van der Waals surface area contributed by atoms with Gasteiger partial charge in [0.05, 0.1) is 30.2 Å². The van der Waals surface area contributed by atoms with Crippen molar-refractivity contribution in [2.45, 2.75) is 0 Å². The van der Waals surface area contributed by atoms with Gasteiger partial charge in [0.15, 0.2) is 0 Å². The third-order valence-corrected chi connectivity index (χ3v) is 1.09. The SMILES string of the molecule is NCC(=O)[O-].O=C([O-])C=Cc1cnc[nH]1.[Zn+2]. The fraction of sp³-hybridized carbons (Fsp3) is 0.125. The minimum Gasteiger partial charge on any atom is -0.549 e. The molecule has 82 valence electrons. The van der Waals surface area contributed by atoms with Gasteiger partial charge in [-0.2, -0.15) is 0 Å². The van der Waals surface area contributed by atoms with Crippen LogP contribution in [-0.4, -0.2) is 28.5 Å². The minimum atomic E-state index is -1.22. The molecule has 1 aromatic heterocycles. The molecular formula is C8H9N3O4Zn. The number of nitrogens with two attached hydrogens (primary N) is 1. The number of imidazole rings is 1. The second kappa shape index (κ2) is 10.0. The summed E-state index contributed by atoms with van der Waals surface area (Å²) in [5, 5.41) is 19.0. The van der Waals surface area contributed by atoms with E-state index in [9.17, 15) is 9.90 Å². The Morgan fingerprint density at radius 1 is 1.50 bits per heavy atom. The number of aliphatic carboxylic acids is 2. The first kappa shape index (κ1) is 16.9. The van der Waals surface area contributed by atoms with Crippen LogP contribution in [0.25, 0.3) is 6.08 Å². The summed E-state index contributed by atoms with van der Waals surface area (Å²) < 4.78 is 0. The summed E-state index contributed by atoms with van der Waals surface area (Å²) in [6.45, 7) is -0.389. The van der Waals surface area contributed by atoms with Crippen molar-refractivity contribution in [1.82, 2.24) is 9.97 Å². The largest absolute Gasteiger partial charge is 2.00 e. The Kier molecular flexibility index (Phi) is 10.6. The average Bonchev–Trinajstić information content (AvgIpc) is 2.68. The maximum absolute atomic E-state index is 9.86. The zero-order chi connectivity index (χ0) is 11.7. The molecule has 0 amide bonds. The molecule has 1 aromatic rings. The molecule has 0 spiro atoms. The Labute approximate surface area is 104 Å². The number of aromatic amines is 1. The van der Waals surface area contributed by atoms with Gasteiger partial charge in [0.1, 0.15) is 0 Å². The molecule has 1 rings (SSSR count). The van der Waals surface area contributed by atoms with Crippen molar-refractivity contribution in [2.75, 3.05) is 6.54 Å². The number of rotatable bonds is 3. The van der Waals surface area contributed by atoms with Crippen LogP contribution in [0.1, 0.15) is 5.69 Å². The van der Waals surface area contributed by atoms with E-state index in [-0.39, 0.29) is 26.0 Å². The third kappa shape index (κ3) is 10.6. The Morgan fingerprint density at radius 2 is 2.06 bits per heavy atom. The molecule has 3 N–H and O–H groups in total. The molecule has 0 saturated heterocycles. The molecule has 0 saturated carbocycles. The number of hydrogen-bond donors (Lipinski definition) is 2. The zero-order valence-corrected chi connectivity index (χ0v) is 11.3. The number of carbonyl (C=O) groups is 2. The predicted molar refractivity (Wildman–Crippen MR) is 46.7 cm³/mol. The zero-order valence-electron chi connectivity index (χ0n) is 8.38. The average molecular weight is 277 g/mol. The molecule has 0 bridgehead atoms. The molecular weight excluding hydrogens is 267 g/mol. The summed E-state index contributed by atoms with van der Waals surface area (Å²) in [5.74, 6) is -2.43. The van der Waals surface area contributed by atoms with E-state index in [0.717, 1.165) is 6.08 Å². The summed E-state index contributed by atoms with van der Waals surface area (Å²) in [6.07, 6.45) is 5.30. The Morgan fingerprint density at radius 3 is 2.38 bits per heavy atom. The maximum atomic E-state index is 9.86. The molecule has 0 atom stereocenters. The van der Waals surface area contributed by atoms with E-state index < -0.39 is 11.9 Å². The normalized spacial score (nSPS) is 8.81. The van der Waals surface area contributed by atoms with Gasteiger partial charge in [0.25, 0.3) is 0 Å². The van der Waals surface area contributed by atoms with Gasteiger partial charge in [-0.1, -0.05) is 0 Å². The van der Waals surface area contributed by atoms with E-state index in [4.69, 9.17) is 9.90 Å². The van der Waals surface area contributed by atoms with E-state index in [1.807, 2.05) is 0 Å². The van der Waals surface area contributed by atoms with Crippen molar-refractivity contribution in [2.24, 2.45) is 5.73 Å². The first-order chi connectivity index (χ1) is 7.06. The molecule has 0 aliphatic carbocycles. The van der Waals surface area contributed by atoms with E-state index >= 15 is 0 Å². The molecule has 1 heterocycles. The van der Waals surface area contributed by atoms with Crippen molar-refractivity contribution in [3.05, 3.63) is 24.3 Å².